The smallest absolute Gasteiger partial charge is 0.0767 e. The minimum atomic E-state index is 0.969. The highest BCUT2D eigenvalue weighted by Gasteiger charge is 2.12. The molecule has 0 aliphatic rings. The van der Waals surface area contributed by atoms with Gasteiger partial charge in [0.15, 0.2) is 0 Å². The van der Waals surface area contributed by atoms with Crippen molar-refractivity contribution in [1.29, 1.82) is 0 Å². The van der Waals surface area contributed by atoms with E-state index in [0.29, 0.717) is 0 Å². The zero-order valence-electron chi connectivity index (χ0n) is 11.6. The van der Waals surface area contributed by atoms with Crippen molar-refractivity contribution < 1.29 is 0 Å². The van der Waals surface area contributed by atoms with Crippen LogP contribution in [-0.4, -0.2) is 9.78 Å². The molecule has 4 heteroatoms. The van der Waals surface area contributed by atoms with E-state index in [0.717, 1.165) is 23.6 Å². The first-order valence-corrected chi connectivity index (χ1v) is 8.40. The molecule has 0 aliphatic heterocycles. The Hall–Kier alpha value is -0.740. The van der Waals surface area contributed by atoms with Crippen LogP contribution in [0.2, 0.25) is 0 Å². The normalized spacial score (nSPS) is 10.9. The minimum absolute atomic E-state index is 0.969. The van der Waals surface area contributed by atoms with Gasteiger partial charge in [-0.05, 0) is 40.4 Å². The van der Waals surface area contributed by atoms with E-state index >= 15 is 0 Å². The van der Waals surface area contributed by atoms with E-state index in [4.69, 9.17) is 0 Å². The van der Waals surface area contributed by atoms with Crippen molar-refractivity contribution in [3.05, 3.63) is 51.3 Å². The molecule has 0 amide bonds. The number of hydrogen-bond donors (Lipinski definition) is 0. The summed E-state index contributed by atoms with van der Waals surface area (Å²) in [4.78, 5) is 0. The highest BCUT2D eigenvalue weighted by atomic mass is 79.9. The van der Waals surface area contributed by atoms with Gasteiger partial charge in [-0.15, -0.1) is 0 Å². The van der Waals surface area contributed by atoms with E-state index < -0.39 is 0 Å². The Kier molecular flexibility index (Phi) is 5.11. The molecule has 2 aromatic rings. The van der Waals surface area contributed by atoms with E-state index in [1.807, 2.05) is 23.5 Å². The zero-order valence-corrected chi connectivity index (χ0v) is 14.0. The van der Waals surface area contributed by atoms with E-state index in [-0.39, 0.29) is 0 Å². The first-order valence-electron chi connectivity index (χ1n) is 6.46. The monoisotopic (exact) mass is 338 g/mol. The first kappa shape index (κ1) is 14.7. The summed E-state index contributed by atoms with van der Waals surface area (Å²) in [6, 6.07) is 8.58. The molecule has 0 saturated carbocycles. The standard InChI is InChI=1S/C15H19BrN2S/c1-4-13-15(16)14(18(3)17-13)10-19-9-12-8-6-5-7-11(12)2/h5-8H,4,9-10H2,1-3H3. The van der Waals surface area contributed by atoms with Crippen molar-refractivity contribution in [1.82, 2.24) is 9.78 Å². The summed E-state index contributed by atoms with van der Waals surface area (Å²) in [7, 11) is 2.02. The molecule has 0 unspecified atom stereocenters. The predicted octanol–water partition coefficient (Wildman–Crippen LogP) is 4.49. The van der Waals surface area contributed by atoms with Crippen molar-refractivity contribution in [3.63, 3.8) is 0 Å². The Morgan fingerprint density at radius 2 is 2.00 bits per heavy atom. The molecule has 2 rings (SSSR count). The summed E-state index contributed by atoms with van der Waals surface area (Å²) in [5.74, 6) is 2.03. The maximum absolute atomic E-state index is 4.53. The van der Waals surface area contributed by atoms with Gasteiger partial charge in [-0.1, -0.05) is 31.2 Å². The molecule has 0 radical (unpaired) electrons. The lowest BCUT2D eigenvalue weighted by atomic mass is 10.1. The molecule has 19 heavy (non-hydrogen) atoms. The van der Waals surface area contributed by atoms with Crippen LogP contribution in [0.15, 0.2) is 28.7 Å². The third-order valence-electron chi connectivity index (χ3n) is 3.26. The second-order valence-electron chi connectivity index (χ2n) is 4.60. The highest BCUT2D eigenvalue weighted by molar-refractivity contribution is 9.10. The average Bonchev–Trinajstić information content (AvgIpc) is 2.68. The van der Waals surface area contributed by atoms with Gasteiger partial charge < -0.3 is 0 Å². The van der Waals surface area contributed by atoms with E-state index in [1.165, 1.54) is 21.3 Å². The lowest BCUT2D eigenvalue weighted by molar-refractivity contribution is 0.719. The second-order valence-corrected chi connectivity index (χ2v) is 6.38. The van der Waals surface area contributed by atoms with E-state index in [1.54, 1.807) is 0 Å². The van der Waals surface area contributed by atoms with Crippen LogP contribution >= 0.6 is 27.7 Å². The fraction of sp³-hybridized carbons (Fsp3) is 0.400. The molecule has 0 bridgehead atoms. The van der Waals surface area contributed by atoms with E-state index in [9.17, 15) is 0 Å². The molecule has 2 nitrogen and oxygen atoms in total. The van der Waals surface area contributed by atoms with Gasteiger partial charge in [-0.3, -0.25) is 4.68 Å². The molecule has 1 aromatic carbocycles. The lowest BCUT2D eigenvalue weighted by Gasteiger charge is -2.06. The third-order valence-corrected chi connectivity index (χ3v) is 5.17. The zero-order chi connectivity index (χ0) is 13.8. The summed E-state index contributed by atoms with van der Waals surface area (Å²) in [5, 5.41) is 4.53. The lowest BCUT2D eigenvalue weighted by Crippen LogP contribution is -1.97. The molecule has 0 N–H and O–H groups in total. The fourth-order valence-electron chi connectivity index (χ4n) is 2.01. The van der Waals surface area contributed by atoms with Crippen molar-refractivity contribution >= 4 is 27.7 Å². The van der Waals surface area contributed by atoms with Gasteiger partial charge in [-0.2, -0.15) is 16.9 Å². The summed E-state index contributed by atoms with van der Waals surface area (Å²) < 4.78 is 3.17. The van der Waals surface area contributed by atoms with Crippen molar-refractivity contribution in [2.24, 2.45) is 7.05 Å². The average molecular weight is 339 g/mol. The quantitative estimate of drug-likeness (QED) is 0.799. The van der Waals surface area contributed by atoms with Crippen LogP contribution in [-0.2, 0) is 25.0 Å². The summed E-state index contributed by atoms with van der Waals surface area (Å²) in [6.45, 7) is 4.31. The molecular weight excluding hydrogens is 320 g/mol. The number of rotatable bonds is 5. The van der Waals surface area contributed by atoms with Crippen LogP contribution in [0.3, 0.4) is 0 Å². The van der Waals surface area contributed by atoms with Crippen molar-refractivity contribution in [2.45, 2.75) is 31.8 Å². The topological polar surface area (TPSA) is 17.8 Å². The summed E-state index contributed by atoms with van der Waals surface area (Å²) >= 11 is 5.60. The Morgan fingerprint density at radius 1 is 1.26 bits per heavy atom. The number of aryl methyl sites for hydroxylation is 3. The number of benzene rings is 1. The molecule has 0 fully saturated rings. The van der Waals surface area contributed by atoms with Crippen molar-refractivity contribution in [2.75, 3.05) is 0 Å². The second kappa shape index (κ2) is 6.62. The molecule has 102 valence electrons. The first-order chi connectivity index (χ1) is 9.13. The van der Waals surface area contributed by atoms with Gasteiger partial charge in [-0.25, -0.2) is 0 Å². The van der Waals surface area contributed by atoms with Gasteiger partial charge >= 0.3 is 0 Å². The van der Waals surface area contributed by atoms with Crippen LogP contribution < -0.4 is 0 Å². The van der Waals surface area contributed by atoms with Gasteiger partial charge in [0.1, 0.15) is 0 Å². The minimum Gasteiger partial charge on any atom is -0.270 e. The third kappa shape index (κ3) is 3.42. The number of hydrogen-bond acceptors (Lipinski definition) is 2. The Bertz CT molecular complexity index is 563. The largest absolute Gasteiger partial charge is 0.270 e. The van der Waals surface area contributed by atoms with Gasteiger partial charge in [0.25, 0.3) is 0 Å². The van der Waals surface area contributed by atoms with Crippen molar-refractivity contribution in [3.8, 4) is 0 Å². The Labute approximate surface area is 127 Å². The maximum atomic E-state index is 4.53. The SMILES string of the molecule is CCc1nn(C)c(CSCc2ccccc2C)c1Br. The molecule has 0 aliphatic carbocycles. The number of thioether (sulfide) groups is 1. The van der Waals surface area contributed by atoms with Crippen LogP contribution in [0.5, 0.6) is 0 Å². The summed E-state index contributed by atoms with van der Waals surface area (Å²) in [6.07, 6.45) is 0.969. The number of halogens is 1. The molecule has 0 spiro atoms. The van der Waals surface area contributed by atoms with Gasteiger partial charge in [0.2, 0.25) is 0 Å². The maximum Gasteiger partial charge on any atom is 0.0767 e. The number of nitrogens with zero attached hydrogens (tertiary/aromatic N) is 2. The Balaban J connectivity index is 2.00. The van der Waals surface area contributed by atoms with Crippen LogP contribution in [0, 0.1) is 6.92 Å². The fourth-order valence-corrected chi connectivity index (χ4v) is 4.12. The predicted molar refractivity (Wildman–Crippen MR) is 86.5 cm³/mol. The summed E-state index contributed by atoms with van der Waals surface area (Å²) in [5.41, 5.74) is 5.21. The molecule has 1 aromatic heterocycles. The number of aromatic nitrogens is 2. The Morgan fingerprint density at radius 3 is 2.63 bits per heavy atom. The van der Waals surface area contributed by atoms with Crippen LogP contribution in [0.4, 0.5) is 0 Å². The van der Waals surface area contributed by atoms with Crippen LogP contribution in [0.1, 0.15) is 29.4 Å². The molecule has 0 saturated heterocycles. The van der Waals surface area contributed by atoms with Gasteiger partial charge in [0, 0.05) is 18.6 Å². The highest BCUT2D eigenvalue weighted by Crippen LogP contribution is 2.27. The van der Waals surface area contributed by atoms with Gasteiger partial charge in [0.05, 0.1) is 15.9 Å². The molecular formula is C15H19BrN2S. The molecule has 0 atom stereocenters. The van der Waals surface area contributed by atoms with Crippen LogP contribution in [0.25, 0.3) is 0 Å². The molecule has 1 heterocycles. The van der Waals surface area contributed by atoms with E-state index in [2.05, 4.69) is 59.1 Å².